The highest BCUT2D eigenvalue weighted by Crippen LogP contribution is 2.30. The van der Waals surface area contributed by atoms with Crippen molar-refractivity contribution in [1.82, 2.24) is 5.32 Å². The highest BCUT2D eigenvalue weighted by Gasteiger charge is 2.36. The fourth-order valence-electron chi connectivity index (χ4n) is 2.82. The van der Waals surface area contributed by atoms with Gasteiger partial charge in [-0.1, -0.05) is 36.4 Å². The molecule has 1 aliphatic rings. The summed E-state index contributed by atoms with van der Waals surface area (Å²) in [7, 11) is 0. The Morgan fingerprint density at radius 3 is 2.60 bits per heavy atom. The highest BCUT2D eigenvalue weighted by atomic mass is 35.5. The maximum absolute atomic E-state index is 12.9. The van der Waals surface area contributed by atoms with Crippen LogP contribution in [0.25, 0.3) is 6.08 Å². The predicted octanol–water partition coefficient (Wildman–Crippen LogP) is 3.97. The number of hydrogen-bond donors (Lipinski definition) is 1. The quantitative estimate of drug-likeness (QED) is 0.411. The van der Waals surface area contributed by atoms with E-state index in [9.17, 15) is 14.4 Å². The first kappa shape index (κ1) is 21.1. The number of barbiturate groups is 1. The van der Waals surface area contributed by atoms with Crippen LogP contribution >= 0.6 is 11.6 Å². The van der Waals surface area contributed by atoms with Gasteiger partial charge in [-0.25, -0.2) is 9.69 Å². The summed E-state index contributed by atoms with van der Waals surface area (Å²) in [6.45, 7) is 6.14. The maximum atomic E-state index is 12.9. The molecule has 0 unspecified atom stereocenters. The molecule has 8 heteroatoms. The Morgan fingerprint density at radius 1 is 1.10 bits per heavy atom. The summed E-state index contributed by atoms with van der Waals surface area (Å²) in [4.78, 5) is 38.4. The summed E-state index contributed by atoms with van der Waals surface area (Å²) in [5.74, 6) is -0.571. The predicted molar refractivity (Wildman–Crippen MR) is 114 cm³/mol. The molecule has 154 valence electrons. The summed E-state index contributed by atoms with van der Waals surface area (Å²) < 4.78 is 11.1. The van der Waals surface area contributed by atoms with Crippen molar-refractivity contribution < 1.29 is 23.9 Å². The molecule has 1 saturated heterocycles. The number of benzene rings is 2. The number of nitrogens with zero attached hydrogens (tertiary/aromatic N) is 1. The minimum absolute atomic E-state index is 0.197. The number of carbonyl (C=O) groups is 3. The molecule has 1 N–H and O–H groups in total. The van der Waals surface area contributed by atoms with Crippen LogP contribution in [0.3, 0.4) is 0 Å². The zero-order valence-electron chi connectivity index (χ0n) is 16.2. The van der Waals surface area contributed by atoms with Crippen molar-refractivity contribution in [2.24, 2.45) is 0 Å². The molecule has 7 nitrogen and oxygen atoms in total. The van der Waals surface area contributed by atoms with Crippen molar-refractivity contribution in [3.8, 4) is 11.5 Å². The second-order valence-electron chi connectivity index (χ2n) is 6.18. The minimum Gasteiger partial charge on any atom is -0.490 e. The molecule has 0 spiro atoms. The van der Waals surface area contributed by atoms with Crippen LogP contribution in [-0.2, 0) is 9.59 Å². The summed E-state index contributed by atoms with van der Waals surface area (Å²) in [6.07, 6.45) is 3.00. The van der Waals surface area contributed by atoms with Gasteiger partial charge in [-0.05, 0) is 48.9 Å². The molecule has 0 saturated carbocycles. The van der Waals surface area contributed by atoms with Gasteiger partial charge < -0.3 is 9.47 Å². The van der Waals surface area contributed by atoms with Gasteiger partial charge in [0.2, 0.25) is 0 Å². The van der Waals surface area contributed by atoms with E-state index >= 15 is 0 Å². The third-order valence-corrected chi connectivity index (χ3v) is 4.34. The first-order valence-electron chi connectivity index (χ1n) is 9.12. The first-order valence-corrected chi connectivity index (χ1v) is 9.50. The van der Waals surface area contributed by atoms with Gasteiger partial charge in [0.05, 0.1) is 12.3 Å². The number of rotatable bonds is 7. The molecule has 0 atom stereocenters. The van der Waals surface area contributed by atoms with Crippen LogP contribution in [0.5, 0.6) is 11.5 Å². The number of imide groups is 2. The van der Waals surface area contributed by atoms with E-state index in [4.69, 9.17) is 21.1 Å². The molecule has 0 bridgehead atoms. The number of nitrogens with one attached hydrogen (secondary N) is 1. The molecule has 1 aliphatic heterocycles. The van der Waals surface area contributed by atoms with Crippen molar-refractivity contribution in [3.05, 3.63) is 71.3 Å². The monoisotopic (exact) mass is 426 g/mol. The van der Waals surface area contributed by atoms with Gasteiger partial charge >= 0.3 is 6.03 Å². The average Bonchev–Trinajstić information content (AvgIpc) is 2.70. The lowest BCUT2D eigenvalue weighted by molar-refractivity contribution is -0.122. The Bertz CT molecular complexity index is 1050. The average molecular weight is 427 g/mol. The fourth-order valence-corrected chi connectivity index (χ4v) is 3.01. The lowest BCUT2D eigenvalue weighted by Crippen LogP contribution is -2.54. The fraction of sp³-hybridized carbons (Fsp3) is 0.136. The smallest absolute Gasteiger partial charge is 0.335 e. The lowest BCUT2D eigenvalue weighted by atomic mass is 10.1. The minimum atomic E-state index is -0.840. The van der Waals surface area contributed by atoms with Gasteiger partial charge in [0.15, 0.2) is 11.5 Å². The molecule has 2 aromatic carbocycles. The Kier molecular flexibility index (Phi) is 6.54. The van der Waals surface area contributed by atoms with Crippen molar-refractivity contribution in [3.63, 3.8) is 0 Å². The van der Waals surface area contributed by atoms with Crippen LogP contribution in [0.1, 0.15) is 12.5 Å². The van der Waals surface area contributed by atoms with Crippen molar-refractivity contribution >= 4 is 41.2 Å². The number of carbonyl (C=O) groups excluding carboxylic acids is 3. The van der Waals surface area contributed by atoms with Gasteiger partial charge in [-0.15, -0.1) is 0 Å². The summed E-state index contributed by atoms with van der Waals surface area (Å²) in [6, 6.07) is 10.4. The van der Waals surface area contributed by atoms with Crippen LogP contribution in [-0.4, -0.2) is 31.1 Å². The summed E-state index contributed by atoms with van der Waals surface area (Å²) in [5.41, 5.74) is 0.589. The molecule has 3 rings (SSSR count). The lowest BCUT2D eigenvalue weighted by Gasteiger charge is -2.26. The van der Waals surface area contributed by atoms with E-state index in [1.54, 1.807) is 42.5 Å². The van der Waals surface area contributed by atoms with E-state index in [1.807, 2.05) is 6.92 Å². The number of urea groups is 1. The van der Waals surface area contributed by atoms with Crippen LogP contribution in [0, 0.1) is 0 Å². The van der Waals surface area contributed by atoms with Gasteiger partial charge in [-0.2, -0.15) is 0 Å². The van der Waals surface area contributed by atoms with E-state index in [2.05, 4.69) is 11.9 Å². The Hall–Kier alpha value is -3.58. The molecule has 2 aromatic rings. The van der Waals surface area contributed by atoms with Crippen molar-refractivity contribution in [1.29, 1.82) is 0 Å². The Morgan fingerprint density at radius 2 is 1.90 bits per heavy atom. The van der Waals surface area contributed by atoms with Crippen LogP contribution in [0.2, 0.25) is 5.02 Å². The maximum Gasteiger partial charge on any atom is 0.335 e. The standard InChI is InChI=1S/C22H19ClN2O5/c1-3-10-30-18-9-8-14(12-19(18)29-4-2)11-17-20(26)24-22(28)25(21(17)27)16-7-5-6-15(23)13-16/h3,5-9,11-13H,1,4,10H2,2H3,(H,24,26,28)/b17-11+. The number of halogens is 1. The van der Waals surface area contributed by atoms with E-state index in [-0.39, 0.29) is 11.3 Å². The second kappa shape index (κ2) is 9.28. The molecular formula is C22H19ClN2O5. The van der Waals surface area contributed by atoms with E-state index < -0.39 is 17.8 Å². The number of hydrogen-bond acceptors (Lipinski definition) is 5. The van der Waals surface area contributed by atoms with Crippen molar-refractivity contribution in [2.75, 3.05) is 18.1 Å². The normalized spacial score (nSPS) is 15.2. The summed E-state index contributed by atoms with van der Waals surface area (Å²) in [5, 5.41) is 2.53. The first-order chi connectivity index (χ1) is 14.4. The van der Waals surface area contributed by atoms with Crippen LogP contribution in [0.15, 0.2) is 60.7 Å². The molecular weight excluding hydrogens is 408 g/mol. The molecule has 0 aromatic heterocycles. The van der Waals surface area contributed by atoms with Crippen molar-refractivity contribution in [2.45, 2.75) is 6.92 Å². The Balaban J connectivity index is 1.97. The largest absolute Gasteiger partial charge is 0.490 e. The van der Waals surface area contributed by atoms with E-state index in [0.29, 0.717) is 35.3 Å². The second-order valence-corrected chi connectivity index (χ2v) is 6.61. The van der Waals surface area contributed by atoms with Gasteiger partial charge in [0, 0.05) is 5.02 Å². The molecule has 0 radical (unpaired) electrons. The van der Waals surface area contributed by atoms with Gasteiger partial charge in [0.25, 0.3) is 11.8 Å². The van der Waals surface area contributed by atoms with E-state index in [1.165, 1.54) is 12.1 Å². The molecule has 4 amide bonds. The molecule has 0 aliphatic carbocycles. The van der Waals surface area contributed by atoms with E-state index in [0.717, 1.165) is 4.90 Å². The highest BCUT2D eigenvalue weighted by molar-refractivity contribution is 6.39. The van der Waals surface area contributed by atoms with Gasteiger partial charge in [0.1, 0.15) is 12.2 Å². The third-order valence-electron chi connectivity index (χ3n) is 4.10. The molecule has 30 heavy (non-hydrogen) atoms. The zero-order valence-corrected chi connectivity index (χ0v) is 16.9. The summed E-state index contributed by atoms with van der Waals surface area (Å²) >= 11 is 5.97. The third kappa shape index (κ3) is 4.52. The van der Waals surface area contributed by atoms with Crippen LogP contribution < -0.4 is 19.7 Å². The van der Waals surface area contributed by atoms with Crippen LogP contribution in [0.4, 0.5) is 10.5 Å². The number of ether oxygens (including phenoxy) is 2. The van der Waals surface area contributed by atoms with Gasteiger partial charge in [-0.3, -0.25) is 14.9 Å². The number of amides is 4. The topological polar surface area (TPSA) is 84.9 Å². The Labute approximate surface area is 178 Å². The number of anilines is 1. The zero-order chi connectivity index (χ0) is 21.7. The molecule has 1 heterocycles. The molecule has 1 fully saturated rings. The SMILES string of the molecule is C=CCOc1ccc(/C=C2\C(=O)NC(=O)N(c3cccc(Cl)c3)C2=O)cc1OCC.